The molecule has 1 aliphatic rings. The topological polar surface area (TPSA) is 95.1 Å². The molecule has 0 spiro atoms. The molecule has 1 aromatic carbocycles. The molecule has 9 heteroatoms. The van der Waals surface area contributed by atoms with Crippen LogP contribution in [0.3, 0.4) is 0 Å². The van der Waals surface area contributed by atoms with Gasteiger partial charge in [0, 0.05) is 17.3 Å². The number of aromatic nitrogens is 3. The smallest absolute Gasteiger partial charge is 0.256 e. The van der Waals surface area contributed by atoms with Crippen LogP contribution in [0.15, 0.2) is 24.3 Å². The van der Waals surface area contributed by atoms with Crippen molar-refractivity contribution in [1.29, 1.82) is 0 Å². The molecule has 0 saturated heterocycles. The van der Waals surface area contributed by atoms with E-state index in [0.29, 0.717) is 28.6 Å². The van der Waals surface area contributed by atoms with Gasteiger partial charge in [-0.2, -0.15) is 5.10 Å². The molecule has 3 N–H and O–H groups in total. The van der Waals surface area contributed by atoms with E-state index in [1.807, 2.05) is 17.7 Å². The number of carbonyl (C=O) groups excluding carboxylic acids is 1. The Morgan fingerprint density at radius 2 is 1.90 bits per heavy atom. The molecule has 1 fully saturated rings. The summed E-state index contributed by atoms with van der Waals surface area (Å²) in [6, 6.07) is 7.14. The van der Waals surface area contributed by atoms with E-state index in [4.69, 9.17) is 20.6 Å². The molecule has 1 saturated carbocycles. The highest BCUT2D eigenvalue weighted by Crippen LogP contribution is 2.41. The number of carbonyl (C=O) groups is 1. The summed E-state index contributed by atoms with van der Waals surface area (Å²) in [6.45, 7) is 8.18. The number of amides is 1. The van der Waals surface area contributed by atoms with Crippen LogP contribution < -0.4 is 15.8 Å². The Morgan fingerprint density at radius 1 is 1.23 bits per heavy atom. The van der Waals surface area contributed by atoms with Crippen molar-refractivity contribution in [3.05, 3.63) is 41.2 Å². The molecule has 4 rings (SSSR count). The highest BCUT2D eigenvalue weighted by molar-refractivity contribution is 6.13. The number of aryl methyl sites for hydroxylation is 1. The van der Waals surface area contributed by atoms with Gasteiger partial charge in [0.1, 0.15) is 5.75 Å². The summed E-state index contributed by atoms with van der Waals surface area (Å²) in [6.07, 6.45) is 2.22. The molecule has 0 radical (unpaired) electrons. The fourth-order valence-electron chi connectivity index (χ4n) is 3.55. The first-order valence-corrected chi connectivity index (χ1v) is 9.84. The highest BCUT2D eigenvalue weighted by atomic mass is 35.5. The number of hydrogen-bond donors (Lipinski definition) is 2. The molecule has 1 amide bonds. The number of benzene rings is 1. The van der Waals surface area contributed by atoms with E-state index in [1.54, 1.807) is 25.3 Å². The number of nitrogens with zero attached hydrogens (tertiary/aromatic N) is 3. The number of nitrogens with two attached hydrogens (primary N) is 1. The predicted octanol–water partition coefficient (Wildman–Crippen LogP) is 5.06. The van der Waals surface area contributed by atoms with E-state index in [0.717, 1.165) is 35.3 Å². The molecular formula is C22H29Cl2N5O2. The molecule has 7 nitrogen and oxygen atoms in total. The summed E-state index contributed by atoms with van der Waals surface area (Å²) in [5.74, 6) is 0.805. The molecule has 31 heavy (non-hydrogen) atoms. The Hall–Kier alpha value is -2.51. The first kappa shape index (κ1) is 24.8. The predicted molar refractivity (Wildman–Crippen MR) is 129 cm³/mol. The lowest BCUT2D eigenvalue weighted by atomic mass is 10.1. The van der Waals surface area contributed by atoms with Crippen molar-refractivity contribution < 1.29 is 9.53 Å². The Morgan fingerprint density at radius 3 is 2.45 bits per heavy atom. The minimum absolute atomic E-state index is 0. The number of ether oxygens (including phenoxy) is 1. The molecule has 3 aromatic rings. The average molecular weight is 466 g/mol. The van der Waals surface area contributed by atoms with Gasteiger partial charge in [-0.25, -0.2) is 9.67 Å². The van der Waals surface area contributed by atoms with Gasteiger partial charge < -0.3 is 15.8 Å². The number of rotatable bonds is 4. The normalized spacial score (nSPS) is 13.3. The van der Waals surface area contributed by atoms with Crippen molar-refractivity contribution in [3.63, 3.8) is 0 Å². The number of hydrogen-bond acceptors (Lipinski definition) is 5. The largest absolute Gasteiger partial charge is 0.495 e. The number of fused-ring (bicyclic) bond motifs is 1. The van der Waals surface area contributed by atoms with Crippen molar-refractivity contribution in [2.24, 2.45) is 0 Å². The number of nitrogens with one attached hydrogen (secondary N) is 1. The van der Waals surface area contributed by atoms with Gasteiger partial charge in [0.15, 0.2) is 5.65 Å². The van der Waals surface area contributed by atoms with Crippen LogP contribution in [0, 0.1) is 6.92 Å². The quantitative estimate of drug-likeness (QED) is 0.524. The van der Waals surface area contributed by atoms with E-state index in [2.05, 4.69) is 26.1 Å². The molecular weight excluding hydrogens is 437 g/mol. The van der Waals surface area contributed by atoms with Crippen molar-refractivity contribution in [3.8, 4) is 5.75 Å². The van der Waals surface area contributed by atoms with Gasteiger partial charge in [-0.3, -0.25) is 4.79 Å². The van der Waals surface area contributed by atoms with Crippen molar-refractivity contribution in [2.75, 3.05) is 18.2 Å². The molecule has 1 aliphatic carbocycles. The van der Waals surface area contributed by atoms with Gasteiger partial charge in [-0.05, 0) is 64.8 Å². The lowest BCUT2D eigenvalue weighted by Crippen LogP contribution is -2.23. The molecule has 0 atom stereocenters. The number of pyridine rings is 1. The zero-order valence-corrected chi connectivity index (χ0v) is 20.0. The monoisotopic (exact) mass is 465 g/mol. The van der Waals surface area contributed by atoms with E-state index < -0.39 is 0 Å². The fourth-order valence-corrected chi connectivity index (χ4v) is 3.55. The van der Waals surface area contributed by atoms with Gasteiger partial charge in [0.25, 0.3) is 5.91 Å². The van der Waals surface area contributed by atoms with Crippen LogP contribution in [0.4, 0.5) is 11.4 Å². The number of methoxy groups -OCH3 is 1. The lowest BCUT2D eigenvalue weighted by molar-refractivity contribution is 0.102. The maximum absolute atomic E-state index is 13.3. The minimum Gasteiger partial charge on any atom is -0.495 e. The SMILES string of the molecule is COc1ccc(NC(=O)c2cc(C3CC3)nc3c2c(C)nn3C(C)(C)C)cc1N.Cl.Cl. The first-order chi connectivity index (χ1) is 13.7. The Labute approximate surface area is 194 Å². The van der Waals surface area contributed by atoms with Crippen molar-refractivity contribution >= 4 is 53.1 Å². The van der Waals surface area contributed by atoms with Crippen LogP contribution in [-0.4, -0.2) is 27.8 Å². The van der Waals surface area contributed by atoms with Crippen LogP contribution in [0.5, 0.6) is 5.75 Å². The third kappa shape index (κ3) is 4.72. The van der Waals surface area contributed by atoms with E-state index in [9.17, 15) is 4.79 Å². The molecule has 2 aromatic heterocycles. The Balaban J connectivity index is 0.00000171. The summed E-state index contributed by atoms with van der Waals surface area (Å²) in [7, 11) is 1.56. The van der Waals surface area contributed by atoms with Gasteiger partial charge in [-0.1, -0.05) is 0 Å². The highest BCUT2D eigenvalue weighted by Gasteiger charge is 2.30. The molecule has 0 unspecified atom stereocenters. The average Bonchev–Trinajstić information content (AvgIpc) is 3.44. The minimum atomic E-state index is -0.236. The zero-order chi connectivity index (χ0) is 20.9. The Bertz CT molecular complexity index is 1120. The number of anilines is 2. The van der Waals surface area contributed by atoms with E-state index >= 15 is 0 Å². The molecule has 168 valence electrons. The summed E-state index contributed by atoms with van der Waals surface area (Å²) in [4.78, 5) is 18.1. The van der Waals surface area contributed by atoms with Gasteiger partial charge >= 0.3 is 0 Å². The summed E-state index contributed by atoms with van der Waals surface area (Å²) >= 11 is 0. The Kier molecular flexibility index (Phi) is 7.13. The molecule has 0 aliphatic heterocycles. The zero-order valence-electron chi connectivity index (χ0n) is 18.4. The summed E-state index contributed by atoms with van der Waals surface area (Å²) < 4.78 is 7.11. The van der Waals surface area contributed by atoms with Crippen LogP contribution >= 0.6 is 24.8 Å². The van der Waals surface area contributed by atoms with Gasteiger partial charge in [-0.15, -0.1) is 24.8 Å². The maximum atomic E-state index is 13.3. The van der Waals surface area contributed by atoms with Gasteiger partial charge in [0.2, 0.25) is 0 Å². The third-order valence-corrected chi connectivity index (χ3v) is 5.20. The molecule has 2 heterocycles. The van der Waals surface area contributed by atoms with Crippen molar-refractivity contribution in [1.82, 2.24) is 14.8 Å². The first-order valence-electron chi connectivity index (χ1n) is 9.84. The van der Waals surface area contributed by atoms with Crippen LogP contribution in [-0.2, 0) is 5.54 Å². The van der Waals surface area contributed by atoms with Crippen LogP contribution in [0.2, 0.25) is 0 Å². The third-order valence-electron chi connectivity index (χ3n) is 5.20. The fraction of sp³-hybridized carbons (Fsp3) is 0.409. The van der Waals surface area contributed by atoms with E-state index in [-0.39, 0.29) is 36.3 Å². The number of nitrogen functional groups attached to an aromatic ring is 1. The van der Waals surface area contributed by atoms with Crippen LogP contribution in [0.1, 0.15) is 61.3 Å². The second-order valence-electron chi connectivity index (χ2n) is 8.65. The van der Waals surface area contributed by atoms with Gasteiger partial charge in [0.05, 0.1) is 35.0 Å². The number of halogens is 2. The lowest BCUT2D eigenvalue weighted by Gasteiger charge is -2.20. The standard InChI is InChI=1S/C22H27N5O2.2ClH/c1-12-19-15(21(28)24-14-8-9-18(29-5)16(23)10-14)11-17(13-6-7-13)25-20(19)27(26-12)22(2,3)4;;/h8-11,13H,6-7,23H2,1-5H3,(H,24,28);2*1H. The summed E-state index contributed by atoms with van der Waals surface area (Å²) in [5, 5.41) is 8.47. The summed E-state index contributed by atoms with van der Waals surface area (Å²) in [5.41, 5.74) is 9.95. The molecule has 0 bridgehead atoms. The van der Waals surface area contributed by atoms with Crippen molar-refractivity contribution in [2.45, 2.75) is 52.0 Å². The maximum Gasteiger partial charge on any atom is 0.256 e. The second-order valence-corrected chi connectivity index (χ2v) is 8.65. The van der Waals surface area contributed by atoms with Crippen LogP contribution in [0.25, 0.3) is 11.0 Å². The van der Waals surface area contributed by atoms with E-state index in [1.165, 1.54) is 0 Å². The second kappa shape index (κ2) is 8.93.